The smallest absolute Gasteiger partial charge is 0.208 e. The van der Waals surface area contributed by atoms with Crippen LogP contribution in [0.1, 0.15) is 20.8 Å². The summed E-state index contributed by atoms with van der Waals surface area (Å²) in [6, 6.07) is 18.8. The molecule has 0 saturated carbocycles. The first-order chi connectivity index (χ1) is 17.1. The minimum atomic E-state index is -0.0758. The van der Waals surface area contributed by atoms with Crippen molar-refractivity contribution in [2.75, 3.05) is 19.0 Å². The van der Waals surface area contributed by atoms with Crippen LogP contribution in [0.2, 0.25) is 0 Å². The summed E-state index contributed by atoms with van der Waals surface area (Å²) >= 11 is 1.41. The molecular weight excluding hydrogens is 460 g/mol. The van der Waals surface area contributed by atoms with E-state index in [1.807, 2.05) is 66.1 Å². The molecular formula is C27H22N4O3S. The molecule has 7 nitrogen and oxygen atoms in total. The summed E-state index contributed by atoms with van der Waals surface area (Å²) in [6.07, 6.45) is 7.24. The Labute approximate surface area is 206 Å². The summed E-state index contributed by atoms with van der Waals surface area (Å²) in [4.78, 5) is 18.0. The number of aromatic hydroxyl groups is 1. The van der Waals surface area contributed by atoms with Gasteiger partial charge in [0, 0.05) is 24.0 Å². The molecule has 2 aromatic carbocycles. The van der Waals surface area contributed by atoms with Crippen molar-refractivity contribution < 1.29 is 14.6 Å². The molecule has 0 saturated heterocycles. The van der Waals surface area contributed by atoms with Crippen molar-refractivity contribution in [1.82, 2.24) is 14.6 Å². The van der Waals surface area contributed by atoms with Crippen molar-refractivity contribution in [3.63, 3.8) is 0 Å². The standard InChI is InChI=1S/C27H22N4O3S/c1-34-24-15-18(9-10-23(24)32)5-3-12-28-20-7-2-6-19(16-20)22-11-13-29-27-21(17-30-31(22)27)26(33)25-8-4-14-35-25/h2-11,13-17,28,32H,12H2,1H3. The van der Waals surface area contributed by atoms with Gasteiger partial charge in [-0.15, -0.1) is 11.3 Å². The summed E-state index contributed by atoms with van der Waals surface area (Å²) in [5, 5.41) is 19.5. The minimum absolute atomic E-state index is 0.0758. The number of nitrogens with zero attached hydrogens (tertiary/aromatic N) is 3. The Morgan fingerprint density at radius 3 is 2.91 bits per heavy atom. The second-order valence-corrected chi connectivity index (χ2v) is 8.67. The summed E-state index contributed by atoms with van der Waals surface area (Å²) in [5.74, 6) is 0.480. The number of ether oxygens (including phenoxy) is 1. The number of phenols is 1. The fourth-order valence-corrected chi connectivity index (χ4v) is 4.45. The van der Waals surface area contributed by atoms with Crippen molar-refractivity contribution >= 4 is 34.5 Å². The molecule has 3 aromatic heterocycles. The van der Waals surface area contributed by atoms with Crippen molar-refractivity contribution in [1.29, 1.82) is 0 Å². The van der Waals surface area contributed by atoms with Crippen LogP contribution < -0.4 is 10.1 Å². The van der Waals surface area contributed by atoms with Gasteiger partial charge in [0.25, 0.3) is 0 Å². The normalized spacial score (nSPS) is 11.2. The largest absolute Gasteiger partial charge is 0.504 e. The summed E-state index contributed by atoms with van der Waals surface area (Å²) in [5.41, 5.74) is 4.69. The third kappa shape index (κ3) is 4.64. The first kappa shape index (κ1) is 22.4. The molecule has 0 unspecified atom stereocenters. The van der Waals surface area contributed by atoms with E-state index in [2.05, 4.69) is 15.4 Å². The van der Waals surface area contributed by atoms with E-state index >= 15 is 0 Å². The van der Waals surface area contributed by atoms with Crippen molar-refractivity contribution in [3.05, 3.63) is 101 Å². The molecule has 5 aromatic rings. The zero-order valence-corrected chi connectivity index (χ0v) is 19.7. The van der Waals surface area contributed by atoms with Crippen LogP contribution in [-0.2, 0) is 0 Å². The molecule has 0 aliphatic rings. The summed E-state index contributed by atoms with van der Waals surface area (Å²) in [7, 11) is 1.53. The quantitative estimate of drug-likeness (QED) is 0.283. The number of phenolic OH excluding ortho intramolecular Hbond substituents is 1. The van der Waals surface area contributed by atoms with Gasteiger partial charge in [0.15, 0.2) is 17.1 Å². The Morgan fingerprint density at radius 1 is 1.17 bits per heavy atom. The SMILES string of the molecule is COc1cc(C=CCNc2cccc(-c3ccnc4c(C(=O)c5cccs5)cnn34)c2)ccc1O. The molecule has 3 heterocycles. The van der Waals surface area contributed by atoms with Gasteiger partial charge in [0.2, 0.25) is 5.78 Å². The zero-order valence-electron chi connectivity index (χ0n) is 18.9. The molecule has 0 bridgehead atoms. The number of hydrogen-bond donors (Lipinski definition) is 2. The first-order valence-electron chi connectivity index (χ1n) is 10.9. The van der Waals surface area contributed by atoms with Crippen LogP contribution in [0, 0.1) is 0 Å². The number of anilines is 1. The molecule has 0 atom stereocenters. The van der Waals surface area contributed by atoms with E-state index in [0.29, 0.717) is 28.4 Å². The molecule has 0 aliphatic carbocycles. The molecule has 0 fully saturated rings. The van der Waals surface area contributed by atoms with Gasteiger partial charge >= 0.3 is 0 Å². The van der Waals surface area contributed by atoms with Crippen LogP contribution in [0.15, 0.2) is 84.5 Å². The Hall–Kier alpha value is -4.43. The highest BCUT2D eigenvalue weighted by Crippen LogP contribution is 2.27. The van der Waals surface area contributed by atoms with Gasteiger partial charge in [-0.25, -0.2) is 9.50 Å². The van der Waals surface area contributed by atoms with E-state index in [0.717, 1.165) is 22.5 Å². The summed E-state index contributed by atoms with van der Waals surface area (Å²) < 4.78 is 6.86. The Kier molecular flexibility index (Phi) is 6.28. The average Bonchev–Trinajstić information content (AvgIpc) is 3.58. The van der Waals surface area contributed by atoms with E-state index in [1.54, 1.807) is 29.0 Å². The van der Waals surface area contributed by atoms with Crippen LogP contribution >= 0.6 is 11.3 Å². The molecule has 35 heavy (non-hydrogen) atoms. The fourth-order valence-electron chi connectivity index (χ4n) is 3.77. The number of methoxy groups -OCH3 is 1. The van der Waals surface area contributed by atoms with E-state index in [4.69, 9.17) is 4.74 Å². The summed E-state index contributed by atoms with van der Waals surface area (Å²) in [6.45, 7) is 0.611. The molecule has 0 radical (unpaired) electrons. The number of fused-ring (bicyclic) bond motifs is 1. The number of hydrogen-bond acceptors (Lipinski definition) is 7. The molecule has 2 N–H and O–H groups in total. The maximum absolute atomic E-state index is 12.9. The van der Waals surface area contributed by atoms with Gasteiger partial charge in [-0.05, 0) is 47.3 Å². The Balaban J connectivity index is 1.34. The molecule has 0 spiro atoms. The number of ketones is 1. The van der Waals surface area contributed by atoms with Gasteiger partial charge in [-0.2, -0.15) is 5.10 Å². The van der Waals surface area contributed by atoms with Gasteiger partial charge < -0.3 is 15.2 Å². The molecule has 174 valence electrons. The van der Waals surface area contributed by atoms with Crippen LogP contribution in [0.4, 0.5) is 5.69 Å². The third-order valence-electron chi connectivity index (χ3n) is 5.49. The Morgan fingerprint density at radius 2 is 2.09 bits per heavy atom. The van der Waals surface area contributed by atoms with Crippen molar-refractivity contribution in [2.24, 2.45) is 0 Å². The number of thiophene rings is 1. The van der Waals surface area contributed by atoms with Gasteiger partial charge in [0.1, 0.15) is 0 Å². The van der Waals surface area contributed by atoms with Crippen LogP contribution in [0.3, 0.4) is 0 Å². The fraction of sp³-hybridized carbons (Fsp3) is 0.0741. The number of rotatable bonds is 8. The highest BCUT2D eigenvalue weighted by Gasteiger charge is 2.18. The highest BCUT2D eigenvalue weighted by molar-refractivity contribution is 7.12. The number of carbonyl (C=O) groups excluding carboxylic acids is 1. The average molecular weight is 483 g/mol. The minimum Gasteiger partial charge on any atom is -0.504 e. The predicted molar refractivity (Wildman–Crippen MR) is 138 cm³/mol. The number of aromatic nitrogens is 3. The molecule has 5 rings (SSSR count). The van der Waals surface area contributed by atoms with E-state index in [-0.39, 0.29) is 11.5 Å². The first-order valence-corrected chi connectivity index (χ1v) is 11.8. The number of carbonyl (C=O) groups is 1. The monoisotopic (exact) mass is 482 g/mol. The van der Waals surface area contributed by atoms with Crippen molar-refractivity contribution in [3.8, 4) is 22.8 Å². The van der Waals surface area contributed by atoms with Crippen LogP contribution in [0.25, 0.3) is 23.0 Å². The maximum Gasteiger partial charge on any atom is 0.208 e. The van der Waals surface area contributed by atoms with Crippen LogP contribution in [0.5, 0.6) is 11.5 Å². The molecule has 8 heteroatoms. The predicted octanol–water partition coefficient (Wildman–Crippen LogP) is 5.53. The lowest BCUT2D eigenvalue weighted by atomic mass is 10.1. The zero-order chi connectivity index (χ0) is 24.2. The third-order valence-corrected chi connectivity index (χ3v) is 6.36. The van der Waals surface area contributed by atoms with E-state index in [9.17, 15) is 9.90 Å². The second kappa shape index (κ2) is 9.82. The number of nitrogens with one attached hydrogen (secondary N) is 1. The topological polar surface area (TPSA) is 88.8 Å². The number of benzene rings is 2. The lowest BCUT2D eigenvalue weighted by Gasteiger charge is -2.09. The van der Waals surface area contributed by atoms with Gasteiger partial charge in [-0.1, -0.05) is 36.4 Å². The van der Waals surface area contributed by atoms with E-state index in [1.165, 1.54) is 18.4 Å². The lowest BCUT2D eigenvalue weighted by molar-refractivity contribution is 0.104. The lowest BCUT2D eigenvalue weighted by Crippen LogP contribution is -2.01. The second-order valence-electron chi connectivity index (χ2n) is 7.73. The van der Waals surface area contributed by atoms with Gasteiger partial charge in [0.05, 0.1) is 29.4 Å². The van der Waals surface area contributed by atoms with Gasteiger partial charge in [-0.3, -0.25) is 4.79 Å². The highest BCUT2D eigenvalue weighted by atomic mass is 32.1. The molecule has 0 amide bonds. The Bertz CT molecular complexity index is 1520. The maximum atomic E-state index is 12.9. The molecule has 0 aliphatic heterocycles. The van der Waals surface area contributed by atoms with E-state index < -0.39 is 0 Å². The van der Waals surface area contributed by atoms with Crippen molar-refractivity contribution in [2.45, 2.75) is 0 Å². The van der Waals surface area contributed by atoms with Crippen LogP contribution in [-0.4, -0.2) is 39.1 Å².